The SMILES string of the molecule is NC1(C(=O)N[C@@H](CCN2CCN(C(=O)CNCCOC3CCN(C(=O)c4ccc(C5CCN(C(=O)c6cccc7c(C(F)(F)F)cccc67)CC5)cc4)CC3)CC2)c2ccc(Cl)cc2)CCN(c2ncnc3[nH]ccc23)CC1. The molecule has 16 nitrogen and oxygen atoms in total. The Morgan fingerprint density at radius 3 is 2.15 bits per heavy atom. The highest BCUT2D eigenvalue weighted by Crippen LogP contribution is 2.37. The Morgan fingerprint density at radius 2 is 1.44 bits per heavy atom. The van der Waals surface area contributed by atoms with Crippen molar-refractivity contribution in [2.24, 2.45) is 5.73 Å². The number of piperazine rings is 1. The monoisotopic (exact) mass is 1090 g/mol. The number of alkyl halides is 3. The lowest BCUT2D eigenvalue weighted by atomic mass is 9.87. The third-order valence-corrected chi connectivity index (χ3v) is 16.5. The summed E-state index contributed by atoms with van der Waals surface area (Å²) in [6.45, 7) is 7.90. The van der Waals surface area contributed by atoms with E-state index in [2.05, 4.69) is 35.4 Å². The number of nitrogens with two attached hydrogens (primary N) is 1. The van der Waals surface area contributed by atoms with E-state index in [1.165, 1.54) is 18.2 Å². The molecule has 4 amide bonds. The van der Waals surface area contributed by atoms with E-state index in [1.807, 2.05) is 70.6 Å². The molecule has 4 aliphatic rings. The summed E-state index contributed by atoms with van der Waals surface area (Å²) in [5.41, 5.74) is 8.77. The number of anilines is 1. The number of halogens is 4. The lowest BCUT2D eigenvalue weighted by Crippen LogP contribution is -2.60. The van der Waals surface area contributed by atoms with Gasteiger partial charge in [0, 0.05) is 101 Å². The summed E-state index contributed by atoms with van der Waals surface area (Å²) in [6, 6.07) is 25.4. The van der Waals surface area contributed by atoms with Gasteiger partial charge in [0.2, 0.25) is 11.8 Å². The van der Waals surface area contributed by atoms with Gasteiger partial charge in [-0.3, -0.25) is 24.1 Å². The number of aromatic amines is 1. The van der Waals surface area contributed by atoms with E-state index in [4.69, 9.17) is 22.1 Å². The van der Waals surface area contributed by atoms with Gasteiger partial charge in [0.1, 0.15) is 17.8 Å². The molecule has 10 rings (SSSR count). The first kappa shape index (κ1) is 54.7. The molecule has 0 saturated carbocycles. The summed E-state index contributed by atoms with van der Waals surface area (Å²) in [5.74, 6) is 0.600. The summed E-state index contributed by atoms with van der Waals surface area (Å²) < 4.78 is 47.2. The predicted octanol–water partition coefficient (Wildman–Crippen LogP) is 7.40. The smallest absolute Gasteiger partial charge is 0.377 e. The van der Waals surface area contributed by atoms with Gasteiger partial charge >= 0.3 is 6.18 Å². The van der Waals surface area contributed by atoms with Crippen LogP contribution in [0.3, 0.4) is 0 Å². The van der Waals surface area contributed by atoms with Crippen molar-refractivity contribution in [2.75, 3.05) is 96.6 Å². The van der Waals surface area contributed by atoms with Crippen molar-refractivity contribution in [3.8, 4) is 0 Å². The van der Waals surface area contributed by atoms with Gasteiger partial charge in [-0.2, -0.15) is 13.2 Å². The number of nitrogens with one attached hydrogen (secondary N) is 3. The molecule has 0 spiro atoms. The molecule has 20 heteroatoms. The second-order valence-corrected chi connectivity index (χ2v) is 21.5. The van der Waals surface area contributed by atoms with E-state index in [-0.39, 0.29) is 59.2 Å². The standard InChI is InChI=1S/C58H67ClF3N11O5/c59-43-13-11-41(12-14-43)50(68-56(77)57(63)21-30-71(31-22-57)53-48-15-23-65-52(48)66-38-67-53)20-25-69-32-34-70(35-33-69)51(74)37-64-24-36-78-44-18-28-72(29-19-44)54(75)42-9-7-39(8-10-42)40-16-26-73(27-17-40)55(76)47-5-1-4-46-45(47)3-2-6-49(46)58(60,61)62/h1-15,23,38,40,44,50,64H,16-22,24-37,63H2,(H,68,77)(H,65,66,67)/t50-/m0/s1. The van der Waals surface area contributed by atoms with E-state index in [1.54, 1.807) is 23.4 Å². The summed E-state index contributed by atoms with van der Waals surface area (Å²) in [4.78, 5) is 76.2. The molecule has 78 heavy (non-hydrogen) atoms. The highest BCUT2D eigenvalue weighted by atomic mass is 35.5. The van der Waals surface area contributed by atoms with Gasteiger partial charge in [0.05, 0.1) is 41.8 Å². The molecule has 6 heterocycles. The van der Waals surface area contributed by atoms with Gasteiger partial charge < -0.3 is 45.7 Å². The number of carbonyl (C=O) groups is 4. The first-order valence-corrected chi connectivity index (χ1v) is 27.6. The van der Waals surface area contributed by atoms with Crippen LogP contribution < -0.4 is 21.3 Å². The Kier molecular flexibility index (Phi) is 16.9. The van der Waals surface area contributed by atoms with Gasteiger partial charge in [0.15, 0.2) is 0 Å². The van der Waals surface area contributed by atoms with E-state index < -0.39 is 17.3 Å². The lowest BCUT2D eigenvalue weighted by molar-refractivity contribution is -0.136. The van der Waals surface area contributed by atoms with Crippen molar-refractivity contribution in [3.63, 3.8) is 0 Å². The van der Waals surface area contributed by atoms with Crippen LogP contribution in [0, 0.1) is 0 Å². The summed E-state index contributed by atoms with van der Waals surface area (Å²) in [7, 11) is 0. The zero-order valence-electron chi connectivity index (χ0n) is 43.7. The van der Waals surface area contributed by atoms with E-state index in [9.17, 15) is 32.3 Å². The highest BCUT2D eigenvalue weighted by molar-refractivity contribution is 6.30. The number of H-pyrrole nitrogens is 1. The number of ether oxygens (including phenoxy) is 1. The average molecular weight is 1090 g/mol. The minimum absolute atomic E-state index is 0.0187. The molecule has 2 aromatic heterocycles. The zero-order chi connectivity index (χ0) is 54.4. The van der Waals surface area contributed by atoms with Crippen LogP contribution >= 0.6 is 11.6 Å². The molecular weight excluding hydrogens is 1020 g/mol. The molecule has 5 N–H and O–H groups in total. The van der Waals surface area contributed by atoms with Crippen LogP contribution in [0.15, 0.2) is 104 Å². The molecule has 0 aliphatic carbocycles. The van der Waals surface area contributed by atoms with Crippen LogP contribution in [0.25, 0.3) is 21.8 Å². The fourth-order valence-corrected chi connectivity index (χ4v) is 11.7. The number of piperidine rings is 3. The summed E-state index contributed by atoms with van der Waals surface area (Å²) in [5, 5.41) is 8.42. The zero-order valence-corrected chi connectivity index (χ0v) is 44.4. The number of likely N-dealkylation sites (tertiary alicyclic amines) is 2. The number of hydrogen-bond donors (Lipinski definition) is 4. The maximum atomic E-state index is 13.9. The van der Waals surface area contributed by atoms with Crippen molar-refractivity contribution in [3.05, 3.63) is 136 Å². The predicted molar refractivity (Wildman–Crippen MR) is 293 cm³/mol. The van der Waals surface area contributed by atoms with Crippen LogP contribution in [0.4, 0.5) is 19.0 Å². The molecule has 4 fully saturated rings. The van der Waals surface area contributed by atoms with Crippen molar-refractivity contribution < 1.29 is 37.1 Å². The first-order valence-electron chi connectivity index (χ1n) is 27.2. The molecule has 4 aromatic carbocycles. The maximum absolute atomic E-state index is 13.9. The molecule has 4 aliphatic heterocycles. The minimum Gasteiger partial charge on any atom is -0.377 e. The van der Waals surface area contributed by atoms with Crippen molar-refractivity contribution >= 4 is 62.9 Å². The largest absolute Gasteiger partial charge is 0.417 e. The molecule has 412 valence electrons. The lowest BCUT2D eigenvalue weighted by Gasteiger charge is -2.39. The van der Waals surface area contributed by atoms with Gasteiger partial charge in [-0.1, -0.05) is 60.1 Å². The summed E-state index contributed by atoms with van der Waals surface area (Å²) >= 11 is 6.25. The Hall–Kier alpha value is -6.64. The Labute approximate surface area is 456 Å². The average Bonchev–Trinajstić information content (AvgIpc) is 4.01. The van der Waals surface area contributed by atoms with Crippen LogP contribution in [-0.4, -0.2) is 162 Å². The fourth-order valence-electron chi connectivity index (χ4n) is 11.5. The Balaban J connectivity index is 0.601. The van der Waals surface area contributed by atoms with E-state index in [0.717, 1.165) is 66.5 Å². The third-order valence-electron chi connectivity index (χ3n) is 16.3. The number of nitrogens with zero attached hydrogens (tertiary/aromatic N) is 7. The molecule has 0 radical (unpaired) electrons. The molecule has 4 saturated heterocycles. The maximum Gasteiger partial charge on any atom is 0.417 e. The number of fused-ring (bicyclic) bond motifs is 2. The number of benzene rings is 4. The number of hydrogen-bond acceptors (Lipinski definition) is 11. The van der Waals surface area contributed by atoms with Crippen molar-refractivity contribution in [1.82, 2.24) is 45.2 Å². The number of rotatable bonds is 16. The molecule has 0 unspecified atom stereocenters. The summed E-state index contributed by atoms with van der Waals surface area (Å²) in [6.07, 6.45) is 3.35. The number of carbonyl (C=O) groups excluding carboxylic acids is 4. The van der Waals surface area contributed by atoms with Crippen LogP contribution in [0.5, 0.6) is 0 Å². The number of aromatic nitrogens is 3. The van der Waals surface area contributed by atoms with Crippen molar-refractivity contribution in [2.45, 2.75) is 74.7 Å². The highest BCUT2D eigenvalue weighted by Gasteiger charge is 2.40. The van der Waals surface area contributed by atoms with Gasteiger partial charge in [0.25, 0.3) is 11.8 Å². The normalized spacial score (nSPS) is 18.4. The van der Waals surface area contributed by atoms with Gasteiger partial charge in [-0.25, -0.2) is 9.97 Å². The van der Waals surface area contributed by atoms with Crippen LogP contribution in [-0.2, 0) is 20.5 Å². The first-order chi connectivity index (χ1) is 37.7. The fraction of sp³-hybridized carbons (Fsp3) is 0.448. The molecule has 1 atom stereocenters. The second-order valence-electron chi connectivity index (χ2n) is 21.1. The Bertz CT molecular complexity index is 3060. The molecule has 0 bridgehead atoms. The molecule has 6 aromatic rings. The minimum atomic E-state index is -4.52. The number of amides is 4. The molecular formula is C58H67ClF3N11O5. The van der Waals surface area contributed by atoms with Crippen LogP contribution in [0.1, 0.15) is 94.3 Å². The quantitative estimate of drug-likeness (QED) is 0.0709. The van der Waals surface area contributed by atoms with E-state index in [0.29, 0.717) is 114 Å². The van der Waals surface area contributed by atoms with Gasteiger partial charge in [-0.05, 0) is 115 Å². The second kappa shape index (κ2) is 24.2. The Morgan fingerprint density at radius 1 is 0.756 bits per heavy atom. The topological polar surface area (TPSA) is 185 Å². The third kappa shape index (κ3) is 12.6. The van der Waals surface area contributed by atoms with E-state index >= 15 is 0 Å². The van der Waals surface area contributed by atoms with Gasteiger partial charge in [-0.15, -0.1) is 0 Å². The van der Waals surface area contributed by atoms with Crippen LogP contribution in [0.2, 0.25) is 5.02 Å². The van der Waals surface area contributed by atoms with Crippen molar-refractivity contribution in [1.29, 1.82) is 0 Å².